The fraction of sp³-hybridized carbons (Fsp3) is 0.517. The highest BCUT2D eigenvalue weighted by Gasteiger charge is 2.33. The van der Waals surface area contributed by atoms with E-state index in [-0.39, 0.29) is 5.91 Å². The lowest BCUT2D eigenvalue weighted by molar-refractivity contribution is -0.121. The van der Waals surface area contributed by atoms with Crippen LogP contribution in [0.25, 0.3) is 11.1 Å². The topological polar surface area (TPSA) is 75.9 Å². The first-order valence-electron chi connectivity index (χ1n) is 13.2. The van der Waals surface area contributed by atoms with Gasteiger partial charge < -0.3 is 20.3 Å². The minimum Gasteiger partial charge on any atom is -0.493 e. The second-order valence-electron chi connectivity index (χ2n) is 10.1. The first kappa shape index (κ1) is 26.1. The van der Waals surface area contributed by atoms with Crippen LogP contribution in [-0.2, 0) is 4.79 Å². The van der Waals surface area contributed by atoms with Gasteiger partial charge in [0.1, 0.15) is 18.0 Å². The number of alkyl halides is 1. The lowest BCUT2D eigenvalue weighted by Crippen LogP contribution is -2.43. The molecule has 0 bridgehead atoms. The average Bonchev–Trinajstić information content (AvgIpc) is 3.39. The number of hydrogen-bond donors (Lipinski definition) is 1. The molecule has 2 aliphatic rings. The van der Waals surface area contributed by atoms with Crippen molar-refractivity contribution in [1.82, 2.24) is 9.80 Å². The Balaban J connectivity index is 1.25. The van der Waals surface area contributed by atoms with Gasteiger partial charge in [0, 0.05) is 18.7 Å². The number of nitrogens with zero attached hydrogens (tertiary/aromatic N) is 2. The lowest BCUT2D eigenvalue weighted by Gasteiger charge is -2.32. The van der Waals surface area contributed by atoms with Crippen LogP contribution in [0.3, 0.4) is 0 Å². The van der Waals surface area contributed by atoms with Gasteiger partial charge in [0.15, 0.2) is 0 Å². The van der Waals surface area contributed by atoms with Crippen molar-refractivity contribution in [2.24, 2.45) is 11.7 Å². The summed E-state index contributed by atoms with van der Waals surface area (Å²) in [6.45, 7) is 5.71. The summed E-state index contributed by atoms with van der Waals surface area (Å²) in [6.07, 6.45) is 4.34. The van der Waals surface area contributed by atoms with Crippen LogP contribution in [-0.4, -0.2) is 66.6 Å². The summed E-state index contributed by atoms with van der Waals surface area (Å²) in [5.74, 6) is 0.747. The van der Waals surface area contributed by atoms with Gasteiger partial charge >= 0.3 is 0 Å². The van der Waals surface area contributed by atoms with E-state index in [0.29, 0.717) is 44.0 Å². The van der Waals surface area contributed by atoms with Crippen molar-refractivity contribution in [3.05, 3.63) is 54.1 Å². The molecule has 1 unspecified atom stereocenters. The van der Waals surface area contributed by atoms with Crippen LogP contribution in [0.15, 0.2) is 48.5 Å². The van der Waals surface area contributed by atoms with E-state index in [4.69, 9.17) is 10.5 Å². The summed E-state index contributed by atoms with van der Waals surface area (Å²) < 4.78 is 19.9. The third-order valence-electron chi connectivity index (χ3n) is 7.41. The highest BCUT2D eigenvalue weighted by molar-refractivity contribution is 5.98. The number of carbonyl (C=O) groups excluding carboxylic acids is 2. The largest absolute Gasteiger partial charge is 0.493 e. The van der Waals surface area contributed by atoms with Gasteiger partial charge in [0.2, 0.25) is 5.91 Å². The Morgan fingerprint density at radius 1 is 1.00 bits per heavy atom. The van der Waals surface area contributed by atoms with Crippen LogP contribution >= 0.6 is 0 Å². The number of nitrogens with two attached hydrogens (primary N) is 1. The first-order valence-corrected chi connectivity index (χ1v) is 13.2. The minimum absolute atomic E-state index is 0.150. The first-order chi connectivity index (χ1) is 17.4. The van der Waals surface area contributed by atoms with Gasteiger partial charge in [0.25, 0.3) is 5.91 Å². The third-order valence-corrected chi connectivity index (χ3v) is 7.41. The molecular weight excluding hydrogens is 457 g/mol. The molecule has 2 aliphatic heterocycles. The van der Waals surface area contributed by atoms with Crippen LogP contribution in [0, 0.1) is 5.92 Å². The summed E-state index contributed by atoms with van der Waals surface area (Å²) in [5.41, 5.74) is 8.06. The van der Waals surface area contributed by atoms with Gasteiger partial charge in [0.05, 0.1) is 6.61 Å². The second kappa shape index (κ2) is 12.3. The van der Waals surface area contributed by atoms with Crippen molar-refractivity contribution < 1.29 is 18.7 Å². The maximum atomic E-state index is 13.9. The minimum atomic E-state index is -0.711. The van der Waals surface area contributed by atoms with Crippen LogP contribution in [0.4, 0.5) is 4.39 Å². The van der Waals surface area contributed by atoms with Gasteiger partial charge in [-0.1, -0.05) is 37.6 Å². The Kier molecular flexibility index (Phi) is 8.97. The van der Waals surface area contributed by atoms with Gasteiger partial charge in [-0.2, -0.15) is 0 Å². The van der Waals surface area contributed by atoms with Crippen molar-refractivity contribution in [3.63, 3.8) is 0 Å². The van der Waals surface area contributed by atoms with E-state index in [1.807, 2.05) is 43.3 Å². The molecule has 2 aromatic carbocycles. The molecule has 2 saturated heterocycles. The molecule has 194 valence electrons. The Hall–Kier alpha value is -2.93. The van der Waals surface area contributed by atoms with Gasteiger partial charge in [-0.15, -0.1) is 0 Å². The van der Waals surface area contributed by atoms with Gasteiger partial charge in [-0.3, -0.25) is 9.59 Å². The number of amides is 2. The summed E-state index contributed by atoms with van der Waals surface area (Å²) in [6, 6.07) is 14.9. The number of likely N-dealkylation sites (tertiary alicyclic amines) is 2. The van der Waals surface area contributed by atoms with E-state index in [0.717, 1.165) is 55.6 Å². The smallest absolute Gasteiger partial charge is 0.254 e. The van der Waals surface area contributed by atoms with Crippen molar-refractivity contribution in [2.75, 3.05) is 32.8 Å². The summed E-state index contributed by atoms with van der Waals surface area (Å²) >= 11 is 0. The molecular formula is C29H38FN3O3. The van der Waals surface area contributed by atoms with Crippen molar-refractivity contribution in [1.29, 1.82) is 0 Å². The molecule has 2 fully saturated rings. The molecule has 4 rings (SSSR count). The van der Waals surface area contributed by atoms with E-state index in [1.165, 1.54) is 0 Å². The molecule has 0 spiro atoms. The highest BCUT2D eigenvalue weighted by Crippen LogP contribution is 2.26. The highest BCUT2D eigenvalue weighted by atomic mass is 19.1. The normalized spacial score (nSPS) is 19.8. The quantitative estimate of drug-likeness (QED) is 0.520. The van der Waals surface area contributed by atoms with E-state index in [1.54, 1.807) is 17.0 Å². The number of benzene rings is 2. The second-order valence-corrected chi connectivity index (χ2v) is 10.1. The fourth-order valence-corrected chi connectivity index (χ4v) is 5.25. The number of piperidine rings is 1. The van der Waals surface area contributed by atoms with E-state index in [2.05, 4.69) is 4.90 Å². The van der Waals surface area contributed by atoms with E-state index in [9.17, 15) is 14.0 Å². The number of primary amides is 1. The molecule has 2 heterocycles. The van der Waals surface area contributed by atoms with E-state index < -0.39 is 18.1 Å². The lowest BCUT2D eigenvalue weighted by atomic mass is 9.97. The monoisotopic (exact) mass is 495 g/mol. The molecule has 0 radical (unpaired) electrons. The Bertz CT molecular complexity index is 1000. The molecule has 7 heteroatoms. The fourth-order valence-electron chi connectivity index (χ4n) is 5.25. The molecule has 36 heavy (non-hydrogen) atoms. The van der Waals surface area contributed by atoms with Crippen LogP contribution in [0.1, 0.15) is 55.8 Å². The molecule has 2 amide bonds. The summed E-state index contributed by atoms with van der Waals surface area (Å²) in [4.78, 5) is 28.3. The molecule has 6 nitrogen and oxygen atoms in total. The van der Waals surface area contributed by atoms with Gasteiger partial charge in [-0.25, -0.2) is 4.39 Å². The van der Waals surface area contributed by atoms with Crippen LogP contribution < -0.4 is 10.5 Å². The predicted molar refractivity (Wildman–Crippen MR) is 140 cm³/mol. The van der Waals surface area contributed by atoms with Crippen LogP contribution in [0.5, 0.6) is 5.75 Å². The van der Waals surface area contributed by atoms with Crippen molar-refractivity contribution in [3.8, 4) is 16.9 Å². The number of hydrogen-bond acceptors (Lipinski definition) is 4. The summed E-state index contributed by atoms with van der Waals surface area (Å²) in [7, 11) is 0. The molecule has 2 aromatic rings. The molecule has 0 saturated carbocycles. The predicted octanol–water partition coefficient (Wildman–Crippen LogP) is 4.67. The SMILES string of the molecule is CCCC(F)CN1CCC(COc2ccc(-c3ccc(C(=O)N4CCC[C@H]4C(N)=O)cc3)cc2)CC1. The zero-order chi connectivity index (χ0) is 25.5. The molecule has 2 atom stereocenters. The Morgan fingerprint density at radius 3 is 2.25 bits per heavy atom. The maximum absolute atomic E-state index is 13.9. The number of halogens is 1. The standard InChI is InChI=1S/C29H38FN3O3/c1-2-4-25(30)19-32-17-14-21(15-18-32)20-36-26-12-10-23(11-13-26)22-6-8-24(9-7-22)29(35)33-16-3-5-27(33)28(31)34/h6-13,21,25,27H,2-5,14-20H2,1H3,(H2,31,34)/t25?,27-/m0/s1. The number of ether oxygens (including phenoxy) is 1. The van der Waals surface area contributed by atoms with E-state index >= 15 is 0 Å². The number of carbonyl (C=O) groups is 2. The molecule has 0 aromatic heterocycles. The van der Waals surface area contributed by atoms with Crippen molar-refractivity contribution in [2.45, 2.75) is 57.7 Å². The van der Waals surface area contributed by atoms with Crippen LogP contribution in [0.2, 0.25) is 0 Å². The Morgan fingerprint density at radius 2 is 1.64 bits per heavy atom. The molecule has 2 N–H and O–H groups in total. The zero-order valence-corrected chi connectivity index (χ0v) is 21.2. The third kappa shape index (κ3) is 6.64. The van der Waals surface area contributed by atoms with Gasteiger partial charge in [-0.05, 0) is 86.5 Å². The maximum Gasteiger partial charge on any atom is 0.254 e. The average molecular weight is 496 g/mol. The zero-order valence-electron chi connectivity index (χ0n) is 21.2. The molecule has 0 aliphatic carbocycles. The number of rotatable bonds is 10. The Labute approximate surface area is 213 Å². The van der Waals surface area contributed by atoms with Crippen molar-refractivity contribution >= 4 is 11.8 Å². The summed E-state index contributed by atoms with van der Waals surface area (Å²) in [5, 5.41) is 0.